The van der Waals surface area contributed by atoms with Gasteiger partial charge in [-0.05, 0) is 64.2 Å². The molecule has 384 valence electrons. The highest BCUT2D eigenvalue weighted by Gasteiger charge is 2.22. The van der Waals surface area contributed by atoms with Gasteiger partial charge >= 0.3 is 17.9 Å². The van der Waals surface area contributed by atoms with Crippen molar-refractivity contribution in [1.29, 1.82) is 0 Å². The molecule has 2 amide bonds. The predicted octanol–water partition coefficient (Wildman–Crippen LogP) is 2.50. The largest absolute Gasteiger partial charge is 1.00 e. The van der Waals surface area contributed by atoms with Crippen molar-refractivity contribution in [1.82, 2.24) is 10.6 Å². The molecule has 0 aromatic heterocycles. The zero-order valence-electron chi connectivity index (χ0n) is 42.2. The van der Waals surface area contributed by atoms with Crippen molar-refractivity contribution in [2.24, 2.45) is 0 Å². The number of allylic oxidation sites excluding steroid dienone is 1. The standard InChI is InChI=1S/C50H94N4O9.2ClH/c1-8-9-24-32-45(63-50(60)37-30-36-49(59)62-43-41-54(5,6)7)44(55)31-25-20-16-12-13-17-21-26-33-46(56)51-38-27-22-18-14-10-11-15-19-23-28-39-52-47(57)34-29-35-48(58)61-42-40-53(2,3)4;;/h20,25,44-45,55H,8-19,21-24,26-43H2,1-7H3;2*1H/b25-20-;;. The van der Waals surface area contributed by atoms with Crippen LogP contribution in [0.2, 0.25) is 0 Å². The van der Waals surface area contributed by atoms with Gasteiger partial charge in [0.2, 0.25) is 11.8 Å². The molecule has 13 nitrogen and oxygen atoms in total. The van der Waals surface area contributed by atoms with Crippen LogP contribution in [0.3, 0.4) is 0 Å². The van der Waals surface area contributed by atoms with E-state index in [9.17, 15) is 29.1 Å². The first-order valence-corrected chi connectivity index (χ1v) is 25.0. The fraction of sp³-hybridized carbons (Fsp3) is 0.860. The lowest BCUT2D eigenvalue weighted by Crippen LogP contribution is -3.00. The van der Waals surface area contributed by atoms with Gasteiger partial charge in [-0.15, -0.1) is 0 Å². The summed E-state index contributed by atoms with van der Waals surface area (Å²) in [7, 11) is 12.3. The third-order valence-electron chi connectivity index (χ3n) is 11.0. The maximum atomic E-state index is 12.5. The van der Waals surface area contributed by atoms with E-state index in [4.69, 9.17) is 14.2 Å². The van der Waals surface area contributed by atoms with E-state index in [2.05, 4.69) is 44.8 Å². The molecule has 2 unspecified atom stereocenters. The lowest BCUT2D eigenvalue weighted by Gasteiger charge is -2.23. The van der Waals surface area contributed by atoms with Gasteiger partial charge in [0, 0.05) is 45.2 Å². The summed E-state index contributed by atoms with van der Waals surface area (Å²) < 4.78 is 17.6. The molecule has 0 spiro atoms. The summed E-state index contributed by atoms with van der Waals surface area (Å²) in [6.07, 6.45) is 27.1. The van der Waals surface area contributed by atoms with Crippen molar-refractivity contribution in [3.05, 3.63) is 12.2 Å². The number of unbranched alkanes of at least 4 members (excludes halogenated alkanes) is 16. The van der Waals surface area contributed by atoms with Crippen LogP contribution < -0.4 is 35.4 Å². The number of esters is 3. The zero-order valence-corrected chi connectivity index (χ0v) is 43.7. The lowest BCUT2D eigenvalue weighted by molar-refractivity contribution is -0.870. The Morgan fingerprint density at radius 1 is 0.508 bits per heavy atom. The molecule has 0 aliphatic carbocycles. The molecule has 0 heterocycles. The number of hydrogen-bond donors (Lipinski definition) is 3. The third-order valence-corrected chi connectivity index (χ3v) is 11.0. The van der Waals surface area contributed by atoms with Gasteiger partial charge in [0.1, 0.15) is 32.4 Å². The van der Waals surface area contributed by atoms with Crippen molar-refractivity contribution >= 4 is 29.7 Å². The van der Waals surface area contributed by atoms with Gasteiger partial charge in [-0.1, -0.05) is 103 Å². The Balaban J connectivity index is -0.0000192. The van der Waals surface area contributed by atoms with Crippen molar-refractivity contribution in [2.75, 3.05) is 81.7 Å². The highest BCUT2D eigenvalue weighted by Crippen LogP contribution is 2.17. The number of nitrogens with zero attached hydrogens (tertiary/aromatic N) is 2. The molecule has 0 aromatic rings. The quantitative estimate of drug-likeness (QED) is 0.0275. The maximum absolute atomic E-state index is 12.5. The van der Waals surface area contributed by atoms with Crippen molar-refractivity contribution in [2.45, 2.75) is 199 Å². The number of rotatable bonds is 43. The first-order chi connectivity index (χ1) is 30.0. The minimum absolute atomic E-state index is 0. The van der Waals surface area contributed by atoms with Crippen molar-refractivity contribution in [3.8, 4) is 0 Å². The number of carbonyl (C=O) groups is 5. The van der Waals surface area contributed by atoms with E-state index < -0.39 is 12.2 Å². The normalized spacial score (nSPS) is 12.4. The van der Waals surface area contributed by atoms with Gasteiger partial charge < -0.3 is 63.7 Å². The number of nitrogens with one attached hydrogen (secondary N) is 2. The molecule has 0 aliphatic heterocycles. The SMILES string of the molecule is CCCCCC(OC(=O)CCCC(=O)OCC[N+](C)(C)C)C(O)C/C=C\CCCCCCCC(=O)NCCCCCCCCCCCCNC(=O)CCCC(=O)OCC[N+](C)(C)C.[Cl-].[Cl-]. The van der Waals surface area contributed by atoms with Crippen LogP contribution in [0.25, 0.3) is 0 Å². The fourth-order valence-electron chi connectivity index (χ4n) is 6.81. The number of carbonyl (C=O) groups excluding carboxylic acids is 5. The summed E-state index contributed by atoms with van der Waals surface area (Å²) in [6, 6.07) is 0. The highest BCUT2D eigenvalue weighted by atomic mass is 35.5. The third kappa shape index (κ3) is 49.3. The smallest absolute Gasteiger partial charge is 0.306 e. The van der Waals surface area contributed by atoms with Gasteiger partial charge in [-0.25, -0.2) is 0 Å². The number of ether oxygens (including phenoxy) is 3. The van der Waals surface area contributed by atoms with Crippen molar-refractivity contribution in [3.63, 3.8) is 0 Å². The summed E-state index contributed by atoms with van der Waals surface area (Å²) in [5.41, 5.74) is 0. The Morgan fingerprint density at radius 3 is 1.40 bits per heavy atom. The van der Waals surface area contributed by atoms with E-state index in [-0.39, 0.29) is 73.8 Å². The van der Waals surface area contributed by atoms with Gasteiger partial charge in [0.25, 0.3) is 0 Å². The Hall–Kier alpha value is -2.45. The van der Waals surface area contributed by atoms with Crippen LogP contribution in [0.1, 0.15) is 187 Å². The van der Waals surface area contributed by atoms with E-state index >= 15 is 0 Å². The van der Waals surface area contributed by atoms with Crippen LogP contribution in [-0.2, 0) is 38.2 Å². The molecule has 0 rings (SSSR count). The van der Waals surface area contributed by atoms with E-state index in [0.29, 0.717) is 62.8 Å². The summed E-state index contributed by atoms with van der Waals surface area (Å²) in [5.74, 6) is -0.744. The fourth-order valence-corrected chi connectivity index (χ4v) is 6.81. The molecule has 0 saturated carbocycles. The minimum Gasteiger partial charge on any atom is -1.00 e. The second kappa shape index (κ2) is 44.1. The van der Waals surface area contributed by atoms with Crippen LogP contribution >= 0.6 is 0 Å². The van der Waals surface area contributed by atoms with Crippen LogP contribution in [0.4, 0.5) is 0 Å². The van der Waals surface area contributed by atoms with Crippen LogP contribution in [-0.4, -0.2) is 138 Å². The average Bonchev–Trinajstić information content (AvgIpc) is 3.20. The monoisotopic (exact) mass is 967 g/mol. The highest BCUT2D eigenvalue weighted by molar-refractivity contribution is 5.77. The average molecular weight is 968 g/mol. The minimum atomic E-state index is -0.756. The van der Waals surface area contributed by atoms with E-state index in [1.54, 1.807) is 0 Å². The first-order valence-electron chi connectivity index (χ1n) is 25.0. The van der Waals surface area contributed by atoms with Gasteiger partial charge in [0.05, 0.1) is 48.4 Å². The molecule has 15 heteroatoms. The van der Waals surface area contributed by atoms with Crippen LogP contribution in [0, 0.1) is 0 Å². The number of halogens is 2. The topological polar surface area (TPSA) is 157 Å². The molecule has 0 radical (unpaired) electrons. The van der Waals surface area contributed by atoms with E-state index in [1.165, 1.54) is 38.5 Å². The number of aliphatic hydroxyl groups is 1. The summed E-state index contributed by atoms with van der Waals surface area (Å²) in [6.45, 7) is 5.84. The van der Waals surface area contributed by atoms with Crippen molar-refractivity contribution < 1.29 is 77.1 Å². The van der Waals surface area contributed by atoms with Crippen LogP contribution in [0.15, 0.2) is 12.2 Å². The van der Waals surface area contributed by atoms with Gasteiger partial charge in [0.15, 0.2) is 0 Å². The Bertz CT molecular complexity index is 1230. The summed E-state index contributed by atoms with van der Waals surface area (Å²) >= 11 is 0. The van der Waals surface area contributed by atoms with E-state index in [1.807, 2.05) is 27.2 Å². The Kier molecular flexibility index (Phi) is 45.3. The predicted molar refractivity (Wildman–Crippen MR) is 254 cm³/mol. The molecule has 0 aliphatic rings. The zero-order chi connectivity index (χ0) is 47.0. The molecule has 0 fully saturated rings. The summed E-state index contributed by atoms with van der Waals surface area (Å²) in [5, 5.41) is 16.9. The Morgan fingerprint density at radius 2 is 0.923 bits per heavy atom. The number of likely N-dealkylation sites (N-methyl/N-ethyl adjacent to an activating group) is 2. The molecular formula is C50H96Cl2N4O9. The molecule has 65 heavy (non-hydrogen) atoms. The molecule has 0 saturated heterocycles. The Labute approximate surface area is 408 Å². The molecular weight excluding hydrogens is 871 g/mol. The number of hydrogen-bond acceptors (Lipinski definition) is 9. The van der Waals surface area contributed by atoms with Gasteiger partial charge in [-0.3, -0.25) is 24.0 Å². The maximum Gasteiger partial charge on any atom is 0.306 e. The second-order valence-corrected chi connectivity index (χ2v) is 19.5. The van der Waals surface area contributed by atoms with E-state index in [0.717, 1.165) is 108 Å². The molecule has 3 N–H and O–H groups in total. The molecule has 0 bridgehead atoms. The molecule has 0 aromatic carbocycles. The number of amides is 2. The number of quaternary nitrogens is 2. The summed E-state index contributed by atoms with van der Waals surface area (Å²) in [4.78, 5) is 60.6. The number of aliphatic hydroxyl groups excluding tert-OH is 1. The molecule has 2 atom stereocenters. The first kappa shape index (κ1) is 66.8. The van der Waals surface area contributed by atoms with Gasteiger partial charge in [-0.2, -0.15) is 0 Å². The lowest BCUT2D eigenvalue weighted by atomic mass is 10.0. The van der Waals surface area contributed by atoms with Crippen LogP contribution in [0.5, 0.6) is 0 Å². The second-order valence-electron chi connectivity index (χ2n) is 19.5.